The van der Waals surface area contributed by atoms with Crippen LogP contribution in [0.2, 0.25) is 0 Å². The van der Waals surface area contributed by atoms with Gasteiger partial charge >= 0.3 is 36.9 Å². The number of nitrogen functional groups attached to an aromatic ring is 3. The number of phosphoric acid groups is 4. The number of H-pyrrole nitrogens is 2. The van der Waals surface area contributed by atoms with Crippen molar-refractivity contribution in [2.75, 3.05) is 51.2 Å². The second-order valence-corrected chi connectivity index (χ2v) is 22.7. The zero-order valence-electron chi connectivity index (χ0n) is 38.9. The van der Waals surface area contributed by atoms with Crippen molar-refractivity contribution in [2.24, 2.45) is 7.05 Å². The molecule has 0 amide bonds. The average Bonchev–Trinajstić information content (AvgIpc) is 4.18. The standard InChI is InChI=1S/C33H45N15O24P4/c1-45-10-48(26-16(45)28(53)44-33(36)42-26)30-19(51)20(62-2)12(68-30)5-65-74(56,57)71-76(60,61)72-75(58,59)66-6-13-21(22(63-3)31(69-13)46-8-39-14-23(34)37-7-38-24(14)46)70-73(54,55)64-4-11-17(49)18(50)29(67-11)47-9-40-15-25(47)41-32(35)43-27(15)52/h7-13,17-22,29-31,49-51H,4-6H2,1-3H3,(H11-,34,35,36,37,38,41,42,43,44,52,53,54,55,56,57,58,59,60,61)/p+1. The van der Waals surface area contributed by atoms with E-state index in [4.69, 9.17) is 59.0 Å². The number of aromatic amines is 2. The number of hydrogen-bond acceptors (Lipinski definition) is 29. The van der Waals surface area contributed by atoms with E-state index >= 15 is 0 Å². The van der Waals surface area contributed by atoms with Gasteiger partial charge in [0.05, 0.1) is 39.5 Å². The number of anilines is 3. The zero-order valence-corrected chi connectivity index (χ0v) is 42.5. The molecular weight excluding hydrogens is 1110 g/mol. The molecule has 3 aliphatic heterocycles. The molecule has 0 radical (unpaired) electrons. The van der Waals surface area contributed by atoms with Crippen LogP contribution in [0.3, 0.4) is 0 Å². The van der Waals surface area contributed by atoms with Crippen LogP contribution in [-0.2, 0) is 75.7 Å². The number of nitrogens with zero attached hydrogens (tertiary/aromatic N) is 10. The van der Waals surface area contributed by atoms with Crippen LogP contribution in [0.15, 0.2) is 34.9 Å². The summed E-state index contributed by atoms with van der Waals surface area (Å²) in [6.07, 6.45) is -14.5. The van der Waals surface area contributed by atoms with Crippen LogP contribution in [-0.4, -0.2) is 177 Å². The Morgan fingerprint density at radius 3 is 1.79 bits per heavy atom. The molecule has 0 bridgehead atoms. The fraction of sp³-hybridized carbons (Fsp3) is 0.545. The van der Waals surface area contributed by atoms with E-state index in [1.165, 1.54) is 27.1 Å². The number of aryl methyl sites for hydroxylation is 1. The number of fused-ring (bicyclic) bond motifs is 3. The number of nitrogens with two attached hydrogens (primary N) is 3. The second-order valence-electron chi connectivity index (χ2n) is 16.7. The normalized spacial score (nSPS) is 30.2. The van der Waals surface area contributed by atoms with Gasteiger partial charge in [-0.1, -0.05) is 0 Å². The van der Waals surface area contributed by atoms with Gasteiger partial charge in [0.25, 0.3) is 16.7 Å². The zero-order chi connectivity index (χ0) is 55.0. The van der Waals surface area contributed by atoms with Crippen LogP contribution in [0.1, 0.15) is 18.7 Å². The summed E-state index contributed by atoms with van der Waals surface area (Å²) in [5.41, 5.74) is 15.6. The summed E-state index contributed by atoms with van der Waals surface area (Å²) in [5, 5.41) is 32.8. The first kappa shape index (κ1) is 55.6. The summed E-state index contributed by atoms with van der Waals surface area (Å²) in [6, 6.07) is 0. The van der Waals surface area contributed by atoms with Gasteiger partial charge in [-0.3, -0.25) is 46.8 Å². The third-order valence-electron chi connectivity index (χ3n) is 11.8. The minimum Gasteiger partial charge on any atom is -0.387 e. The van der Waals surface area contributed by atoms with Crippen LogP contribution >= 0.6 is 31.3 Å². The van der Waals surface area contributed by atoms with Crippen molar-refractivity contribution >= 4 is 82.5 Å². The number of rotatable bonds is 20. The summed E-state index contributed by atoms with van der Waals surface area (Å²) < 4.78 is 115. The topological polar surface area (TPSA) is 551 Å². The van der Waals surface area contributed by atoms with E-state index in [0.29, 0.717) is 0 Å². The number of imidazole rings is 3. The molecule has 416 valence electrons. The maximum absolute atomic E-state index is 13.7. The van der Waals surface area contributed by atoms with E-state index in [9.17, 15) is 62.7 Å². The monoisotopic (exact) mass is 1160 g/mol. The predicted octanol–water partition coefficient (Wildman–Crippen LogP) is -4.06. The van der Waals surface area contributed by atoms with Crippen LogP contribution in [0.25, 0.3) is 33.5 Å². The molecule has 6 aromatic heterocycles. The van der Waals surface area contributed by atoms with Crippen LogP contribution in [0, 0.1) is 0 Å². The third-order valence-corrected chi connectivity index (χ3v) is 17.0. The van der Waals surface area contributed by atoms with E-state index in [1.54, 1.807) is 0 Å². The summed E-state index contributed by atoms with van der Waals surface area (Å²) >= 11 is 0. The summed E-state index contributed by atoms with van der Waals surface area (Å²) in [7, 11) is -19.7. The lowest BCUT2D eigenvalue weighted by molar-refractivity contribution is -0.646. The highest BCUT2D eigenvalue weighted by atomic mass is 31.3. The summed E-state index contributed by atoms with van der Waals surface area (Å²) in [6.45, 7) is -3.25. The number of phosphoric ester groups is 3. The number of ether oxygens (including phenoxy) is 5. The first-order chi connectivity index (χ1) is 35.7. The molecule has 0 aromatic carbocycles. The Bertz CT molecular complexity index is 3490. The molecule has 16 unspecified atom stereocenters. The highest BCUT2D eigenvalue weighted by molar-refractivity contribution is 7.66. The van der Waals surface area contributed by atoms with Gasteiger partial charge in [-0.25, -0.2) is 42.8 Å². The third kappa shape index (κ3) is 11.0. The molecule has 9 rings (SSSR count). The van der Waals surface area contributed by atoms with Gasteiger partial charge in [0.2, 0.25) is 24.5 Å². The van der Waals surface area contributed by atoms with Crippen molar-refractivity contribution in [3.8, 4) is 0 Å². The predicted molar refractivity (Wildman–Crippen MR) is 244 cm³/mol. The van der Waals surface area contributed by atoms with E-state index in [-0.39, 0.29) is 51.2 Å². The van der Waals surface area contributed by atoms with Gasteiger partial charge in [0, 0.05) is 14.2 Å². The van der Waals surface area contributed by atoms with Gasteiger partial charge in [0.1, 0.15) is 66.8 Å². The average molecular weight is 1160 g/mol. The van der Waals surface area contributed by atoms with Crippen molar-refractivity contribution in [2.45, 2.75) is 73.6 Å². The molecule has 76 heavy (non-hydrogen) atoms. The van der Waals surface area contributed by atoms with Crippen molar-refractivity contribution in [3.63, 3.8) is 0 Å². The quantitative estimate of drug-likeness (QED) is 0.0256. The van der Waals surface area contributed by atoms with Gasteiger partial charge in [-0.05, 0) is 0 Å². The Labute approximate surface area is 421 Å². The first-order valence-electron chi connectivity index (χ1n) is 21.5. The molecule has 6 aromatic rings. The number of aliphatic hydroxyl groups excluding tert-OH is 3. The van der Waals surface area contributed by atoms with Gasteiger partial charge in [0.15, 0.2) is 35.1 Å². The Kier molecular flexibility index (Phi) is 15.3. The van der Waals surface area contributed by atoms with Crippen molar-refractivity contribution in [1.82, 2.24) is 53.6 Å². The van der Waals surface area contributed by atoms with Crippen LogP contribution < -0.4 is 32.9 Å². The molecule has 3 fully saturated rings. The smallest absolute Gasteiger partial charge is 0.387 e. The minimum atomic E-state index is -6.18. The highest BCUT2D eigenvalue weighted by Crippen LogP contribution is 2.68. The maximum Gasteiger partial charge on any atom is 0.490 e. The molecule has 0 saturated carbocycles. The lowest BCUT2D eigenvalue weighted by atomic mass is 10.1. The maximum atomic E-state index is 13.7. The Hall–Kier alpha value is -5.15. The molecule has 39 nitrogen and oxygen atoms in total. The van der Waals surface area contributed by atoms with E-state index in [0.717, 1.165) is 37.8 Å². The number of methoxy groups -OCH3 is 2. The van der Waals surface area contributed by atoms with E-state index in [1.807, 2.05) is 0 Å². The van der Waals surface area contributed by atoms with E-state index < -0.39 is 136 Å². The van der Waals surface area contributed by atoms with E-state index in [2.05, 4.69) is 48.5 Å². The van der Waals surface area contributed by atoms with Crippen LogP contribution in [0.5, 0.6) is 0 Å². The van der Waals surface area contributed by atoms with Crippen molar-refractivity contribution in [3.05, 3.63) is 46.0 Å². The lowest BCUT2D eigenvalue weighted by Gasteiger charge is -2.26. The Morgan fingerprint density at radius 1 is 0.618 bits per heavy atom. The molecule has 16 atom stereocenters. The molecule has 0 aliphatic carbocycles. The lowest BCUT2D eigenvalue weighted by Crippen LogP contribution is -2.38. The second kappa shape index (κ2) is 20.9. The number of hydrogen-bond donors (Lipinski definition) is 12. The SMILES string of the molecule is COC1C(COP(=O)(O)OP(=O)(O)OP(=O)(O)OCC2OC(n3cnc4c(N)ncnc43)C(OC)C2OP(=O)(O)OCC2OC(n3cnc4c(=O)[nH]c(N)nc43)C(O)C2O)OC(n2c[n+](C)c3c(=O)[nH]c(N)nc32)C1O. The fourth-order valence-electron chi connectivity index (χ4n) is 8.57. The summed E-state index contributed by atoms with van der Waals surface area (Å²) in [5.74, 6) is -0.671. The highest BCUT2D eigenvalue weighted by Gasteiger charge is 2.54. The van der Waals surface area contributed by atoms with Crippen LogP contribution in [0.4, 0.5) is 17.7 Å². The number of nitrogens with one attached hydrogen (secondary N) is 2. The molecule has 9 heterocycles. The summed E-state index contributed by atoms with van der Waals surface area (Å²) in [4.78, 5) is 96.1. The fourth-order valence-corrected chi connectivity index (χ4v) is 13.0. The largest absolute Gasteiger partial charge is 0.490 e. The van der Waals surface area contributed by atoms with Gasteiger partial charge in [-0.2, -0.15) is 23.2 Å². The first-order valence-corrected chi connectivity index (χ1v) is 27.5. The molecule has 0 spiro atoms. The van der Waals surface area contributed by atoms with Crippen molar-refractivity contribution in [1.29, 1.82) is 0 Å². The van der Waals surface area contributed by atoms with Crippen molar-refractivity contribution < 1.29 is 108 Å². The molecule has 15 N–H and O–H groups in total. The Morgan fingerprint density at radius 2 is 1.14 bits per heavy atom. The van der Waals surface area contributed by atoms with Gasteiger partial charge < -0.3 is 75.8 Å². The molecular formula is C33H46N15O24P4+. The Balaban J connectivity index is 0.866. The molecule has 3 aliphatic rings. The molecule has 3 saturated heterocycles. The number of aliphatic hydroxyl groups is 3. The van der Waals surface area contributed by atoms with Gasteiger partial charge in [-0.15, -0.1) is 0 Å². The minimum absolute atomic E-state index is 0.0137. The molecule has 43 heteroatoms. The number of aromatic nitrogens is 12.